The highest BCUT2D eigenvalue weighted by Crippen LogP contribution is 2.55. The van der Waals surface area contributed by atoms with Gasteiger partial charge in [-0.05, 0) is 10.8 Å². The van der Waals surface area contributed by atoms with E-state index >= 15 is 0 Å². The molecule has 0 saturated heterocycles. The molecular formula is C15H25NO2. The molecule has 3 heteroatoms. The molecule has 0 fully saturated rings. The Hall–Kier alpha value is -0.830. The van der Waals surface area contributed by atoms with Crippen LogP contribution >= 0.6 is 0 Å². The van der Waals surface area contributed by atoms with E-state index in [1.807, 2.05) is 6.92 Å². The van der Waals surface area contributed by atoms with Gasteiger partial charge in [-0.3, -0.25) is 0 Å². The zero-order valence-corrected chi connectivity index (χ0v) is 12.7. The number of rotatable bonds is 0. The largest absolute Gasteiger partial charge is 0.445 e. The molecule has 2 rings (SSSR count). The minimum Gasteiger partial charge on any atom is -0.445 e. The van der Waals surface area contributed by atoms with Crippen LogP contribution in [0.25, 0.3) is 0 Å². The highest BCUT2D eigenvalue weighted by molar-refractivity contribution is 5.29. The summed E-state index contributed by atoms with van der Waals surface area (Å²) in [6.45, 7) is 16.7. The molecule has 1 aromatic heterocycles. The molecule has 102 valence electrons. The Balaban J connectivity index is 2.71. The van der Waals surface area contributed by atoms with Gasteiger partial charge in [-0.25, -0.2) is 4.98 Å². The van der Waals surface area contributed by atoms with Crippen LogP contribution in [0.1, 0.15) is 58.9 Å². The van der Waals surface area contributed by atoms with E-state index in [1.54, 1.807) is 0 Å². The molecule has 3 nitrogen and oxygen atoms in total. The molecule has 1 aromatic rings. The number of aryl methyl sites for hydroxylation is 1. The van der Waals surface area contributed by atoms with E-state index in [9.17, 15) is 0 Å². The molecule has 0 saturated carbocycles. The lowest BCUT2D eigenvalue weighted by atomic mass is 9.52. The normalized spacial score (nSPS) is 19.7. The first-order valence-electron chi connectivity index (χ1n) is 6.64. The first-order chi connectivity index (χ1) is 8.09. The van der Waals surface area contributed by atoms with Gasteiger partial charge >= 0.3 is 0 Å². The van der Waals surface area contributed by atoms with Crippen LogP contribution in [0.2, 0.25) is 0 Å². The molecule has 0 aliphatic carbocycles. The number of fused-ring (bicyclic) bond motifs is 1. The van der Waals surface area contributed by atoms with Gasteiger partial charge in [0, 0.05) is 6.92 Å². The van der Waals surface area contributed by atoms with Crippen LogP contribution in [-0.4, -0.2) is 11.6 Å². The van der Waals surface area contributed by atoms with Gasteiger partial charge < -0.3 is 9.15 Å². The minimum absolute atomic E-state index is 0.0480. The standard InChI is InChI=1S/C15H25NO2/c1-10-16-11-8-17-9-15(12(11)18-10,13(2,3)4)14(5,6)7/h8-9H2,1-7H3. The van der Waals surface area contributed by atoms with E-state index in [0.29, 0.717) is 13.2 Å². The first kappa shape index (κ1) is 13.6. The van der Waals surface area contributed by atoms with E-state index in [4.69, 9.17) is 9.15 Å². The Morgan fingerprint density at radius 1 is 1.06 bits per heavy atom. The third-order valence-electron chi connectivity index (χ3n) is 4.31. The van der Waals surface area contributed by atoms with Gasteiger partial charge in [0.05, 0.1) is 18.6 Å². The van der Waals surface area contributed by atoms with Crippen LogP contribution in [0.4, 0.5) is 0 Å². The van der Waals surface area contributed by atoms with Crippen LogP contribution in [0.5, 0.6) is 0 Å². The molecule has 0 N–H and O–H groups in total. The van der Waals surface area contributed by atoms with E-state index in [0.717, 1.165) is 17.3 Å². The average molecular weight is 251 g/mol. The van der Waals surface area contributed by atoms with Crippen LogP contribution in [0.15, 0.2) is 4.42 Å². The van der Waals surface area contributed by atoms with E-state index in [1.165, 1.54) is 0 Å². The summed E-state index contributed by atoms with van der Waals surface area (Å²) in [5.41, 5.74) is 0.928. The van der Waals surface area contributed by atoms with Gasteiger partial charge in [0.25, 0.3) is 0 Å². The lowest BCUT2D eigenvalue weighted by molar-refractivity contribution is -0.0718. The maximum absolute atomic E-state index is 5.98. The van der Waals surface area contributed by atoms with E-state index in [-0.39, 0.29) is 16.2 Å². The average Bonchev–Trinajstić information content (AvgIpc) is 2.53. The van der Waals surface area contributed by atoms with Crippen molar-refractivity contribution in [2.24, 2.45) is 10.8 Å². The first-order valence-corrected chi connectivity index (χ1v) is 6.64. The lowest BCUT2D eigenvalue weighted by Crippen LogP contribution is -2.55. The highest BCUT2D eigenvalue weighted by Gasteiger charge is 2.57. The molecule has 18 heavy (non-hydrogen) atoms. The van der Waals surface area contributed by atoms with Crippen molar-refractivity contribution in [2.45, 2.75) is 60.5 Å². The fourth-order valence-electron chi connectivity index (χ4n) is 3.51. The monoisotopic (exact) mass is 251 g/mol. The Morgan fingerprint density at radius 2 is 1.61 bits per heavy atom. The SMILES string of the molecule is Cc1nc2c(o1)C(C(C)(C)C)(C(C)(C)C)COC2. The third-order valence-corrected chi connectivity index (χ3v) is 4.31. The molecule has 0 radical (unpaired) electrons. The van der Waals surface area contributed by atoms with Crippen molar-refractivity contribution in [2.75, 3.05) is 6.61 Å². The zero-order chi connectivity index (χ0) is 13.8. The van der Waals surface area contributed by atoms with Crippen molar-refractivity contribution < 1.29 is 9.15 Å². The molecule has 0 spiro atoms. The van der Waals surface area contributed by atoms with Crippen molar-refractivity contribution in [3.63, 3.8) is 0 Å². The summed E-state index contributed by atoms with van der Waals surface area (Å²) in [5, 5.41) is 0. The van der Waals surface area contributed by atoms with Crippen LogP contribution < -0.4 is 0 Å². The van der Waals surface area contributed by atoms with Crippen molar-refractivity contribution in [1.82, 2.24) is 4.98 Å². The maximum atomic E-state index is 5.98. The van der Waals surface area contributed by atoms with Gasteiger partial charge in [0.1, 0.15) is 11.5 Å². The molecule has 0 amide bonds. The van der Waals surface area contributed by atoms with Gasteiger partial charge in [-0.1, -0.05) is 41.5 Å². The summed E-state index contributed by atoms with van der Waals surface area (Å²) < 4.78 is 11.8. The Labute approximate surface area is 110 Å². The van der Waals surface area contributed by atoms with Crippen LogP contribution in [0, 0.1) is 17.8 Å². The molecule has 0 unspecified atom stereocenters. The fraction of sp³-hybridized carbons (Fsp3) is 0.800. The summed E-state index contributed by atoms with van der Waals surface area (Å²) in [6.07, 6.45) is 0. The Morgan fingerprint density at radius 3 is 2.11 bits per heavy atom. The third kappa shape index (κ3) is 1.71. The summed E-state index contributed by atoms with van der Waals surface area (Å²) in [4.78, 5) is 4.48. The number of hydrogen-bond donors (Lipinski definition) is 0. The molecule has 0 aromatic carbocycles. The quantitative estimate of drug-likeness (QED) is 0.702. The second-order valence-electron chi connectivity index (χ2n) is 7.41. The topological polar surface area (TPSA) is 35.3 Å². The predicted molar refractivity (Wildman–Crippen MR) is 71.5 cm³/mol. The van der Waals surface area contributed by atoms with Gasteiger partial charge in [-0.15, -0.1) is 0 Å². The second-order valence-corrected chi connectivity index (χ2v) is 7.41. The molecule has 1 aliphatic rings. The highest BCUT2D eigenvalue weighted by atomic mass is 16.5. The summed E-state index contributed by atoms with van der Waals surface area (Å²) in [7, 11) is 0. The minimum atomic E-state index is -0.144. The van der Waals surface area contributed by atoms with Gasteiger partial charge in [0.15, 0.2) is 5.89 Å². The molecule has 1 aliphatic heterocycles. The predicted octanol–water partition coefficient (Wildman–Crippen LogP) is 3.84. The number of hydrogen-bond acceptors (Lipinski definition) is 3. The van der Waals surface area contributed by atoms with Crippen molar-refractivity contribution in [3.8, 4) is 0 Å². The summed E-state index contributed by atoms with van der Waals surface area (Å²) in [5.74, 6) is 1.77. The lowest BCUT2D eigenvalue weighted by Gasteiger charge is -2.53. The Bertz CT molecular complexity index is 432. The summed E-state index contributed by atoms with van der Waals surface area (Å²) in [6, 6.07) is 0. The Kier molecular flexibility index (Phi) is 2.89. The van der Waals surface area contributed by atoms with Crippen molar-refractivity contribution >= 4 is 0 Å². The van der Waals surface area contributed by atoms with E-state index < -0.39 is 0 Å². The molecule has 2 heterocycles. The number of aromatic nitrogens is 1. The molecule has 0 atom stereocenters. The van der Waals surface area contributed by atoms with Crippen LogP contribution in [0.3, 0.4) is 0 Å². The second kappa shape index (κ2) is 3.83. The molecular weight excluding hydrogens is 226 g/mol. The zero-order valence-electron chi connectivity index (χ0n) is 12.7. The molecule has 0 bridgehead atoms. The number of nitrogens with zero attached hydrogens (tertiary/aromatic N) is 1. The maximum Gasteiger partial charge on any atom is 0.191 e. The van der Waals surface area contributed by atoms with Crippen LogP contribution in [-0.2, 0) is 16.8 Å². The van der Waals surface area contributed by atoms with Gasteiger partial charge in [-0.2, -0.15) is 0 Å². The fourth-order valence-corrected chi connectivity index (χ4v) is 3.51. The number of oxazole rings is 1. The smallest absolute Gasteiger partial charge is 0.191 e. The summed E-state index contributed by atoms with van der Waals surface area (Å²) >= 11 is 0. The van der Waals surface area contributed by atoms with Crippen molar-refractivity contribution in [3.05, 3.63) is 17.3 Å². The van der Waals surface area contributed by atoms with Crippen molar-refractivity contribution in [1.29, 1.82) is 0 Å². The van der Waals surface area contributed by atoms with Gasteiger partial charge in [0.2, 0.25) is 0 Å². The van der Waals surface area contributed by atoms with E-state index in [2.05, 4.69) is 46.5 Å². The number of ether oxygens (including phenoxy) is 1.